The SMILES string of the molecule is Cc1cc(=O)c(C(=O)NCCc2ccccn2)nn1-c1ccccc1. The van der Waals surface area contributed by atoms with Crippen molar-refractivity contribution in [3.63, 3.8) is 0 Å². The molecule has 3 rings (SSSR count). The van der Waals surface area contributed by atoms with Crippen LogP contribution in [0, 0.1) is 6.92 Å². The second-order valence-electron chi connectivity index (χ2n) is 5.57. The molecule has 0 aliphatic heterocycles. The Morgan fingerprint density at radius 1 is 1.12 bits per heavy atom. The summed E-state index contributed by atoms with van der Waals surface area (Å²) in [7, 11) is 0. The molecular weight excluding hydrogens is 316 g/mol. The Labute approximate surface area is 145 Å². The van der Waals surface area contributed by atoms with Gasteiger partial charge >= 0.3 is 0 Å². The molecule has 0 aliphatic rings. The molecule has 6 heteroatoms. The van der Waals surface area contributed by atoms with Gasteiger partial charge in [-0.2, -0.15) is 5.10 Å². The lowest BCUT2D eigenvalue weighted by molar-refractivity contribution is 0.0946. The molecule has 126 valence electrons. The number of para-hydroxylation sites is 1. The molecular formula is C19H18N4O2. The Kier molecular flexibility index (Phi) is 4.99. The lowest BCUT2D eigenvalue weighted by Crippen LogP contribution is -2.33. The van der Waals surface area contributed by atoms with Crippen molar-refractivity contribution < 1.29 is 4.79 Å². The third-order valence-corrected chi connectivity index (χ3v) is 3.72. The molecule has 25 heavy (non-hydrogen) atoms. The first-order valence-corrected chi connectivity index (χ1v) is 7.99. The average Bonchev–Trinajstić information content (AvgIpc) is 2.63. The van der Waals surface area contributed by atoms with E-state index >= 15 is 0 Å². The first kappa shape index (κ1) is 16.6. The van der Waals surface area contributed by atoms with E-state index in [0.717, 1.165) is 11.4 Å². The lowest BCUT2D eigenvalue weighted by Gasteiger charge is -2.11. The van der Waals surface area contributed by atoms with E-state index in [1.165, 1.54) is 6.07 Å². The minimum absolute atomic E-state index is 0.115. The standard InChI is InChI=1S/C19H18N4O2/c1-14-13-17(24)18(22-23(14)16-8-3-2-4-9-16)19(25)21-12-10-15-7-5-6-11-20-15/h2-9,11,13H,10,12H2,1H3,(H,21,25). The average molecular weight is 334 g/mol. The van der Waals surface area contributed by atoms with Gasteiger partial charge in [0.25, 0.3) is 5.91 Å². The van der Waals surface area contributed by atoms with Crippen LogP contribution in [-0.2, 0) is 6.42 Å². The van der Waals surface area contributed by atoms with Crippen molar-refractivity contribution in [2.24, 2.45) is 0 Å². The van der Waals surface area contributed by atoms with Crippen LogP contribution in [-0.4, -0.2) is 27.2 Å². The van der Waals surface area contributed by atoms with E-state index in [2.05, 4.69) is 15.4 Å². The summed E-state index contributed by atoms with van der Waals surface area (Å²) in [5.74, 6) is -0.481. The summed E-state index contributed by atoms with van der Waals surface area (Å²) in [6.45, 7) is 2.17. The zero-order valence-electron chi connectivity index (χ0n) is 13.8. The molecule has 3 aromatic rings. The molecule has 1 aromatic carbocycles. The number of nitrogens with one attached hydrogen (secondary N) is 1. The van der Waals surface area contributed by atoms with Gasteiger partial charge in [-0.1, -0.05) is 24.3 Å². The monoisotopic (exact) mass is 334 g/mol. The molecule has 0 unspecified atom stereocenters. The number of benzene rings is 1. The summed E-state index contributed by atoms with van der Waals surface area (Å²) >= 11 is 0. The van der Waals surface area contributed by atoms with E-state index in [4.69, 9.17) is 0 Å². The minimum atomic E-state index is -0.481. The second kappa shape index (κ2) is 7.53. The minimum Gasteiger partial charge on any atom is -0.350 e. The molecule has 2 aromatic heterocycles. The fraction of sp³-hybridized carbons (Fsp3) is 0.158. The van der Waals surface area contributed by atoms with E-state index < -0.39 is 5.91 Å². The highest BCUT2D eigenvalue weighted by Crippen LogP contribution is 2.07. The number of rotatable bonds is 5. The Morgan fingerprint density at radius 2 is 1.88 bits per heavy atom. The van der Waals surface area contributed by atoms with Crippen LogP contribution in [0.3, 0.4) is 0 Å². The van der Waals surface area contributed by atoms with Gasteiger partial charge in [0.1, 0.15) is 0 Å². The first-order chi connectivity index (χ1) is 12.1. The van der Waals surface area contributed by atoms with Crippen molar-refractivity contribution in [2.45, 2.75) is 13.3 Å². The largest absolute Gasteiger partial charge is 0.350 e. The topological polar surface area (TPSA) is 76.9 Å². The smallest absolute Gasteiger partial charge is 0.275 e. The lowest BCUT2D eigenvalue weighted by atomic mass is 10.2. The van der Waals surface area contributed by atoms with Crippen LogP contribution in [0.15, 0.2) is 65.6 Å². The molecule has 0 spiro atoms. The van der Waals surface area contributed by atoms with Crippen LogP contribution in [0.1, 0.15) is 21.9 Å². The number of nitrogens with zero attached hydrogens (tertiary/aromatic N) is 3. The van der Waals surface area contributed by atoms with Crippen molar-refractivity contribution in [1.29, 1.82) is 0 Å². The normalized spacial score (nSPS) is 10.4. The van der Waals surface area contributed by atoms with Crippen LogP contribution in [0.25, 0.3) is 5.69 Å². The predicted octanol–water partition coefficient (Wildman–Crippen LogP) is 1.91. The number of aryl methyl sites for hydroxylation is 1. The van der Waals surface area contributed by atoms with Crippen LogP contribution in [0.2, 0.25) is 0 Å². The van der Waals surface area contributed by atoms with E-state index in [9.17, 15) is 9.59 Å². The zero-order valence-corrected chi connectivity index (χ0v) is 13.8. The number of carbonyl (C=O) groups is 1. The van der Waals surface area contributed by atoms with Gasteiger partial charge in [-0.3, -0.25) is 14.6 Å². The predicted molar refractivity (Wildman–Crippen MR) is 94.8 cm³/mol. The Hall–Kier alpha value is -3.28. The van der Waals surface area contributed by atoms with Crippen molar-refractivity contribution in [1.82, 2.24) is 20.1 Å². The quantitative estimate of drug-likeness (QED) is 0.773. The molecule has 2 heterocycles. The number of carbonyl (C=O) groups excluding carboxylic acids is 1. The molecule has 0 saturated heterocycles. The first-order valence-electron chi connectivity index (χ1n) is 7.99. The van der Waals surface area contributed by atoms with E-state index in [1.807, 2.05) is 48.5 Å². The molecule has 1 amide bonds. The highest BCUT2D eigenvalue weighted by atomic mass is 16.2. The fourth-order valence-electron chi connectivity index (χ4n) is 2.47. The highest BCUT2D eigenvalue weighted by Gasteiger charge is 2.14. The van der Waals surface area contributed by atoms with Crippen LogP contribution < -0.4 is 10.7 Å². The second-order valence-corrected chi connectivity index (χ2v) is 5.57. The molecule has 6 nitrogen and oxygen atoms in total. The summed E-state index contributed by atoms with van der Waals surface area (Å²) in [5, 5.41) is 6.98. The molecule has 0 bridgehead atoms. The maximum Gasteiger partial charge on any atom is 0.275 e. The van der Waals surface area contributed by atoms with Crippen LogP contribution in [0.4, 0.5) is 0 Å². The molecule has 0 atom stereocenters. The van der Waals surface area contributed by atoms with Gasteiger partial charge < -0.3 is 5.32 Å². The highest BCUT2D eigenvalue weighted by molar-refractivity contribution is 5.92. The summed E-state index contributed by atoms with van der Waals surface area (Å²) in [4.78, 5) is 28.7. The number of hydrogen-bond donors (Lipinski definition) is 1. The molecule has 0 fully saturated rings. The van der Waals surface area contributed by atoms with E-state index in [0.29, 0.717) is 18.7 Å². The van der Waals surface area contributed by atoms with Crippen molar-refractivity contribution in [2.75, 3.05) is 6.54 Å². The van der Waals surface area contributed by atoms with Crippen LogP contribution in [0.5, 0.6) is 0 Å². The van der Waals surface area contributed by atoms with Gasteiger partial charge in [0.05, 0.1) is 5.69 Å². The Morgan fingerprint density at radius 3 is 2.60 bits per heavy atom. The van der Waals surface area contributed by atoms with Gasteiger partial charge in [0.15, 0.2) is 5.69 Å². The number of aromatic nitrogens is 3. The number of pyridine rings is 1. The number of hydrogen-bond acceptors (Lipinski definition) is 4. The zero-order chi connectivity index (χ0) is 17.6. The van der Waals surface area contributed by atoms with Gasteiger partial charge in [-0.15, -0.1) is 0 Å². The Bertz CT molecular complexity index is 921. The molecule has 0 aliphatic carbocycles. The van der Waals surface area contributed by atoms with Gasteiger partial charge in [0, 0.05) is 36.6 Å². The molecule has 1 N–H and O–H groups in total. The van der Waals surface area contributed by atoms with Crippen LogP contribution >= 0.6 is 0 Å². The molecule has 0 radical (unpaired) electrons. The van der Waals surface area contributed by atoms with Gasteiger partial charge in [0.2, 0.25) is 5.43 Å². The van der Waals surface area contributed by atoms with Crippen molar-refractivity contribution >= 4 is 5.91 Å². The maximum atomic E-state index is 12.3. The number of amides is 1. The summed E-state index contributed by atoms with van der Waals surface area (Å²) in [6, 6.07) is 16.4. The molecule has 0 saturated carbocycles. The van der Waals surface area contributed by atoms with Crippen molar-refractivity contribution in [3.05, 3.63) is 88.1 Å². The maximum absolute atomic E-state index is 12.3. The van der Waals surface area contributed by atoms with Gasteiger partial charge in [-0.05, 0) is 31.2 Å². The summed E-state index contributed by atoms with van der Waals surface area (Å²) < 4.78 is 1.59. The van der Waals surface area contributed by atoms with E-state index in [-0.39, 0.29) is 11.1 Å². The van der Waals surface area contributed by atoms with Crippen molar-refractivity contribution in [3.8, 4) is 5.69 Å². The Balaban J connectivity index is 1.77. The third-order valence-electron chi connectivity index (χ3n) is 3.72. The van der Waals surface area contributed by atoms with E-state index in [1.54, 1.807) is 17.8 Å². The third kappa shape index (κ3) is 3.98. The summed E-state index contributed by atoms with van der Waals surface area (Å²) in [6.07, 6.45) is 2.29. The van der Waals surface area contributed by atoms with Gasteiger partial charge in [-0.25, -0.2) is 4.68 Å². The fourth-order valence-corrected chi connectivity index (χ4v) is 2.47. The summed E-state index contributed by atoms with van der Waals surface area (Å²) in [5.41, 5.74) is 1.83.